The molecule has 112 valence electrons. The maximum absolute atomic E-state index is 5.95. The van der Waals surface area contributed by atoms with Crippen LogP contribution in [0.25, 0.3) is 0 Å². The lowest BCUT2D eigenvalue weighted by Gasteiger charge is -2.15. The molecule has 2 aromatic carbocycles. The van der Waals surface area contributed by atoms with Crippen LogP contribution in [0.3, 0.4) is 0 Å². The summed E-state index contributed by atoms with van der Waals surface area (Å²) in [4.78, 5) is 0. The smallest absolute Gasteiger partial charge is 0.127 e. The third-order valence-electron chi connectivity index (χ3n) is 3.06. The van der Waals surface area contributed by atoms with E-state index in [0.29, 0.717) is 13.2 Å². The summed E-state index contributed by atoms with van der Waals surface area (Å²) in [5, 5.41) is 0. The molecule has 2 rings (SSSR count). The average molecular weight is 287 g/mol. The normalized spacial score (nSPS) is 11.8. The highest BCUT2D eigenvalue weighted by atomic mass is 16.5. The van der Waals surface area contributed by atoms with Crippen molar-refractivity contribution in [2.45, 2.75) is 13.0 Å². The molecule has 0 bridgehead atoms. The second-order valence-corrected chi connectivity index (χ2v) is 4.70. The SMILES string of the molecule is COc1ccc(C(C)N)c(OCCOc2ccccc2)c1. The molecular formula is C17H21NO3. The van der Waals surface area contributed by atoms with Crippen molar-refractivity contribution in [3.8, 4) is 17.2 Å². The van der Waals surface area contributed by atoms with E-state index in [1.807, 2.05) is 55.5 Å². The van der Waals surface area contributed by atoms with Gasteiger partial charge in [0.05, 0.1) is 7.11 Å². The Morgan fingerprint density at radius 3 is 2.33 bits per heavy atom. The van der Waals surface area contributed by atoms with Gasteiger partial charge in [-0.3, -0.25) is 0 Å². The molecular weight excluding hydrogens is 266 g/mol. The molecule has 0 aliphatic heterocycles. The second kappa shape index (κ2) is 7.55. The van der Waals surface area contributed by atoms with Crippen LogP contribution in [0.4, 0.5) is 0 Å². The second-order valence-electron chi connectivity index (χ2n) is 4.70. The molecule has 1 atom stereocenters. The van der Waals surface area contributed by atoms with Gasteiger partial charge >= 0.3 is 0 Å². The molecule has 0 aliphatic carbocycles. The summed E-state index contributed by atoms with van der Waals surface area (Å²) in [5.74, 6) is 2.32. The van der Waals surface area contributed by atoms with Crippen molar-refractivity contribution in [1.29, 1.82) is 0 Å². The van der Waals surface area contributed by atoms with Gasteiger partial charge in [-0.25, -0.2) is 0 Å². The maximum atomic E-state index is 5.95. The van der Waals surface area contributed by atoms with E-state index in [2.05, 4.69) is 0 Å². The molecule has 2 N–H and O–H groups in total. The van der Waals surface area contributed by atoms with Gasteiger partial charge in [0.2, 0.25) is 0 Å². The lowest BCUT2D eigenvalue weighted by molar-refractivity contribution is 0.215. The van der Waals surface area contributed by atoms with E-state index >= 15 is 0 Å². The van der Waals surface area contributed by atoms with Gasteiger partial charge in [0.15, 0.2) is 0 Å². The zero-order valence-electron chi connectivity index (χ0n) is 12.4. The third kappa shape index (κ3) is 4.39. The van der Waals surface area contributed by atoms with E-state index in [9.17, 15) is 0 Å². The Morgan fingerprint density at radius 1 is 0.952 bits per heavy atom. The largest absolute Gasteiger partial charge is 0.497 e. The van der Waals surface area contributed by atoms with E-state index in [-0.39, 0.29) is 6.04 Å². The van der Waals surface area contributed by atoms with Gasteiger partial charge in [-0.1, -0.05) is 24.3 Å². The topological polar surface area (TPSA) is 53.7 Å². The Morgan fingerprint density at radius 2 is 1.67 bits per heavy atom. The molecule has 1 unspecified atom stereocenters. The molecule has 0 aromatic heterocycles. The maximum Gasteiger partial charge on any atom is 0.127 e. The fourth-order valence-corrected chi connectivity index (χ4v) is 1.97. The van der Waals surface area contributed by atoms with E-state index in [4.69, 9.17) is 19.9 Å². The highest BCUT2D eigenvalue weighted by Crippen LogP contribution is 2.28. The Labute approximate surface area is 125 Å². The van der Waals surface area contributed by atoms with Gasteiger partial charge in [0.1, 0.15) is 30.5 Å². The number of rotatable bonds is 7. The molecule has 0 fully saturated rings. The first-order valence-corrected chi connectivity index (χ1v) is 6.95. The van der Waals surface area contributed by atoms with Gasteiger partial charge in [-0.15, -0.1) is 0 Å². The van der Waals surface area contributed by atoms with Crippen molar-refractivity contribution in [3.63, 3.8) is 0 Å². The molecule has 0 heterocycles. The summed E-state index contributed by atoms with van der Waals surface area (Å²) in [6.45, 7) is 2.84. The fraction of sp³-hybridized carbons (Fsp3) is 0.294. The van der Waals surface area contributed by atoms with E-state index in [1.165, 1.54) is 0 Å². The van der Waals surface area contributed by atoms with Crippen molar-refractivity contribution in [1.82, 2.24) is 0 Å². The molecule has 0 saturated heterocycles. The Hall–Kier alpha value is -2.20. The van der Waals surface area contributed by atoms with Crippen LogP contribution in [-0.4, -0.2) is 20.3 Å². The molecule has 0 radical (unpaired) electrons. The average Bonchev–Trinajstić information content (AvgIpc) is 2.52. The van der Waals surface area contributed by atoms with Gasteiger partial charge < -0.3 is 19.9 Å². The summed E-state index contributed by atoms with van der Waals surface area (Å²) >= 11 is 0. The Balaban J connectivity index is 1.92. The van der Waals surface area contributed by atoms with E-state index < -0.39 is 0 Å². The van der Waals surface area contributed by atoms with Gasteiger partial charge in [0.25, 0.3) is 0 Å². The lowest BCUT2D eigenvalue weighted by atomic mass is 10.1. The number of benzene rings is 2. The summed E-state index contributed by atoms with van der Waals surface area (Å²) < 4.78 is 16.6. The quantitative estimate of drug-likeness (QED) is 0.795. The highest BCUT2D eigenvalue weighted by molar-refractivity contribution is 5.42. The summed E-state index contributed by atoms with van der Waals surface area (Å²) in [6.07, 6.45) is 0. The van der Waals surface area contributed by atoms with Crippen LogP contribution >= 0.6 is 0 Å². The summed E-state index contributed by atoms with van der Waals surface area (Å²) in [7, 11) is 1.63. The van der Waals surface area contributed by atoms with Crippen LogP contribution < -0.4 is 19.9 Å². The van der Waals surface area contributed by atoms with Crippen LogP contribution in [0.15, 0.2) is 48.5 Å². The standard InChI is InChI=1S/C17H21NO3/c1-13(18)16-9-8-15(19-2)12-17(16)21-11-10-20-14-6-4-3-5-7-14/h3-9,12-13H,10-11,18H2,1-2H3. The molecule has 0 aliphatic rings. The molecule has 2 aromatic rings. The highest BCUT2D eigenvalue weighted by Gasteiger charge is 2.09. The molecule has 0 spiro atoms. The van der Waals surface area contributed by atoms with Crippen LogP contribution in [0.1, 0.15) is 18.5 Å². The lowest BCUT2D eigenvalue weighted by Crippen LogP contribution is -2.12. The van der Waals surface area contributed by atoms with Gasteiger partial charge in [0, 0.05) is 17.7 Å². The molecule has 4 heteroatoms. The molecule has 21 heavy (non-hydrogen) atoms. The minimum atomic E-state index is -0.0963. The predicted molar refractivity (Wildman–Crippen MR) is 83.0 cm³/mol. The van der Waals surface area contributed by atoms with Crippen LogP contribution in [-0.2, 0) is 0 Å². The van der Waals surface area contributed by atoms with Crippen molar-refractivity contribution >= 4 is 0 Å². The number of ether oxygens (including phenoxy) is 3. The monoisotopic (exact) mass is 287 g/mol. The predicted octanol–water partition coefficient (Wildman–Crippen LogP) is 3.17. The zero-order chi connectivity index (χ0) is 15.1. The number of hydrogen-bond acceptors (Lipinski definition) is 4. The van der Waals surface area contributed by atoms with Crippen LogP contribution in [0, 0.1) is 0 Å². The first-order chi connectivity index (χ1) is 10.2. The Kier molecular flexibility index (Phi) is 5.46. The van der Waals surface area contributed by atoms with E-state index in [1.54, 1.807) is 7.11 Å². The van der Waals surface area contributed by atoms with Crippen molar-refractivity contribution < 1.29 is 14.2 Å². The van der Waals surface area contributed by atoms with Crippen LogP contribution in [0.2, 0.25) is 0 Å². The van der Waals surface area contributed by atoms with Gasteiger partial charge in [-0.05, 0) is 25.1 Å². The first-order valence-electron chi connectivity index (χ1n) is 6.95. The minimum Gasteiger partial charge on any atom is -0.497 e. The van der Waals surface area contributed by atoms with E-state index in [0.717, 1.165) is 22.8 Å². The number of para-hydroxylation sites is 1. The molecule has 4 nitrogen and oxygen atoms in total. The third-order valence-corrected chi connectivity index (χ3v) is 3.06. The van der Waals surface area contributed by atoms with Gasteiger partial charge in [-0.2, -0.15) is 0 Å². The number of hydrogen-bond donors (Lipinski definition) is 1. The summed E-state index contributed by atoms with van der Waals surface area (Å²) in [5.41, 5.74) is 6.90. The number of nitrogens with two attached hydrogens (primary N) is 1. The zero-order valence-corrected chi connectivity index (χ0v) is 12.4. The Bertz CT molecular complexity index is 555. The number of methoxy groups -OCH3 is 1. The fourth-order valence-electron chi connectivity index (χ4n) is 1.97. The first kappa shape index (κ1) is 15.2. The summed E-state index contributed by atoms with van der Waals surface area (Å²) in [6, 6.07) is 15.2. The van der Waals surface area contributed by atoms with Crippen LogP contribution in [0.5, 0.6) is 17.2 Å². The van der Waals surface area contributed by atoms with Crippen molar-refractivity contribution in [2.75, 3.05) is 20.3 Å². The van der Waals surface area contributed by atoms with Crippen molar-refractivity contribution in [3.05, 3.63) is 54.1 Å². The minimum absolute atomic E-state index is 0.0963. The van der Waals surface area contributed by atoms with Crippen molar-refractivity contribution in [2.24, 2.45) is 5.73 Å². The molecule has 0 saturated carbocycles. The molecule has 0 amide bonds.